The first-order chi connectivity index (χ1) is 25.5. The first-order valence-electron chi connectivity index (χ1n) is 18.5. The average molecular weight is 693 g/mol. The molecule has 0 radical (unpaired) electrons. The van der Waals surface area contributed by atoms with Crippen LogP contribution in [0.2, 0.25) is 0 Å². The predicted molar refractivity (Wildman–Crippen MR) is 212 cm³/mol. The molecule has 0 aliphatic rings. The Hall–Kier alpha value is -5.62. The van der Waals surface area contributed by atoms with Gasteiger partial charge in [-0.3, -0.25) is 9.98 Å². The lowest BCUT2D eigenvalue weighted by Crippen LogP contribution is -2.10. The minimum absolute atomic E-state index is 0.269. The van der Waals surface area contributed by atoms with Crippen LogP contribution in [0.15, 0.2) is 131 Å². The fourth-order valence-electron chi connectivity index (χ4n) is 5.65. The Balaban J connectivity index is 1.09. The Kier molecular flexibility index (Phi) is 14.7. The zero-order valence-corrected chi connectivity index (χ0v) is 30.3. The molecule has 0 heterocycles. The van der Waals surface area contributed by atoms with Crippen LogP contribution in [0, 0.1) is 0 Å². The third kappa shape index (κ3) is 12.3. The summed E-state index contributed by atoms with van der Waals surface area (Å²) in [6.07, 6.45) is 15.8. The van der Waals surface area contributed by atoms with E-state index >= 15 is 0 Å². The molecule has 5 aromatic rings. The highest BCUT2D eigenvalue weighted by Gasteiger charge is 2.12. The molecule has 0 saturated carbocycles. The van der Waals surface area contributed by atoms with Gasteiger partial charge in [0.15, 0.2) is 0 Å². The first kappa shape index (κ1) is 37.6. The van der Waals surface area contributed by atoms with Crippen molar-refractivity contribution in [3.05, 3.63) is 155 Å². The van der Waals surface area contributed by atoms with Crippen LogP contribution in [-0.2, 0) is 12.8 Å². The number of esters is 2. The molecular formula is C46H48N2O4. The topological polar surface area (TPSA) is 77.3 Å². The summed E-state index contributed by atoms with van der Waals surface area (Å²) >= 11 is 0. The van der Waals surface area contributed by atoms with Crippen LogP contribution in [0.25, 0.3) is 0 Å². The summed E-state index contributed by atoms with van der Waals surface area (Å²) in [5.41, 5.74) is 6.95. The van der Waals surface area contributed by atoms with Gasteiger partial charge < -0.3 is 9.47 Å². The standard InChI is InChI=1S/C46H48N2O4/c1-3-5-7-9-12-35-20-28-41(29-21-35)47-33-37-16-24-39(25-17-37)45(49)51-43-14-11-15-44(32-43)52-46(50)40-26-18-38(19-27-40)34-48-42-30-22-36(23-31-42)13-10-8-6-4-2/h11,14-34H,3-10,12-13H2,1-2H3/b47-33+,48-34+. The zero-order valence-electron chi connectivity index (χ0n) is 30.3. The van der Waals surface area contributed by atoms with E-state index in [2.05, 4.69) is 48.1 Å². The van der Waals surface area contributed by atoms with E-state index in [9.17, 15) is 9.59 Å². The Labute approximate surface area is 308 Å². The molecule has 266 valence electrons. The van der Waals surface area contributed by atoms with Crippen LogP contribution < -0.4 is 9.47 Å². The predicted octanol–water partition coefficient (Wildman–Crippen LogP) is 11.9. The second-order valence-electron chi connectivity index (χ2n) is 13.0. The molecule has 0 aliphatic carbocycles. The highest BCUT2D eigenvalue weighted by Crippen LogP contribution is 2.23. The molecule has 0 unspecified atom stereocenters. The van der Waals surface area contributed by atoms with Gasteiger partial charge in [0.1, 0.15) is 11.5 Å². The monoisotopic (exact) mass is 692 g/mol. The van der Waals surface area contributed by atoms with Crippen LogP contribution in [0.4, 0.5) is 11.4 Å². The molecule has 0 saturated heterocycles. The van der Waals surface area contributed by atoms with Gasteiger partial charge in [0.25, 0.3) is 0 Å². The van der Waals surface area contributed by atoms with E-state index in [0.717, 1.165) is 35.3 Å². The van der Waals surface area contributed by atoms with Crippen molar-refractivity contribution in [2.75, 3.05) is 0 Å². The lowest BCUT2D eigenvalue weighted by Gasteiger charge is -2.08. The van der Waals surface area contributed by atoms with E-state index in [1.807, 2.05) is 48.5 Å². The van der Waals surface area contributed by atoms with E-state index in [-0.39, 0.29) is 11.5 Å². The molecule has 0 amide bonds. The third-order valence-electron chi connectivity index (χ3n) is 8.76. The fraction of sp³-hybridized carbons (Fsp3) is 0.261. The maximum Gasteiger partial charge on any atom is 0.343 e. The van der Waals surface area contributed by atoms with Crippen molar-refractivity contribution in [3.8, 4) is 11.5 Å². The quantitative estimate of drug-likeness (QED) is 0.0396. The van der Waals surface area contributed by atoms with Gasteiger partial charge >= 0.3 is 11.9 Å². The largest absolute Gasteiger partial charge is 0.423 e. The second-order valence-corrected chi connectivity index (χ2v) is 13.0. The summed E-state index contributed by atoms with van der Waals surface area (Å²) in [6.45, 7) is 4.45. The molecular weight excluding hydrogens is 645 g/mol. The van der Waals surface area contributed by atoms with E-state index in [1.165, 1.54) is 68.6 Å². The van der Waals surface area contributed by atoms with Crippen molar-refractivity contribution in [1.29, 1.82) is 0 Å². The van der Waals surface area contributed by atoms with Gasteiger partial charge in [0, 0.05) is 18.5 Å². The van der Waals surface area contributed by atoms with Crippen molar-refractivity contribution in [1.82, 2.24) is 0 Å². The average Bonchev–Trinajstić information content (AvgIpc) is 3.18. The Bertz CT molecular complexity index is 1770. The molecule has 5 rings (SSSR count). The van der Waals surface area contributed by atoms with Gasteiger partial charge in [-0.15, -0.1) is 0 Å². The van der Waals surface area contributed by atoms with Crippen molar-refractivity contribution < 1.29 is 19.1 Å². The van der Waals surface area contributed by atoms with Crippen molar-refractivity contribution >= 4 is 35.7 Å². The molecule has 0 N–H and O–H groups in total. The number of benzene rings is 5. The molecule has 0 fully saturated rings. The summed E-state index contributed by atoms with van der Waals surface area (Å²) in [5.74, 6) is -0.495. The lowest BCUT2D eigenvalue weighted by atomic mass is 10.1. The highest BCUT2D eigenvalue weighted by molar-refractivity contribution is 5.93. The Morgan fingerprint density at radius 1 is 0.500 bits per heavy atom. The number of hydrogen-bond donors (Lipinski definition) is 0. The normalized spacial score (nSPS) is 11.3. The lowest BCUT2D eigenvalue weighted by molar-refractivity contribution is 0.0733. The van der Waals surface area contributed by atoms with Crippen LogP contribution in [0.5, 0.6) is 11.5 Å². The minimum atomic E-state index is -0.517. The second kappa shape index (κ2) is 20.3. The molecule has 0 atom stereocenters. The van der Waals surface area contributed by atoms with E-state index < -0.39 is 11.9 Å². The summed E-state index contributed by atoms with van der Waals surface area (Å²) < 4.78 is 11.2. The first-order valence-corrected chi connectivity index (χ1v) is 18.5. The molecule has 0 aliphatic heterocycles. The molecule has 0 spiro atoms. The summed E-state index contributed by atoms with van der Waals surface area (Å²) in [6, 6.07) is 37.3. The van der Waals surface area contributed by atoms with Crippen LogP contribution in [0.3, 0.4) is 0 Å². The third-order valence-corrected chi connectivity index (χ3v) is 8.76. The number of nitrogens with zero attached hydrogens (tertiary/aromatic N) is 2. The van der Waals surface area contributed by atoms with Gasteiger partial charge in [-0.1, -0.05) is 107 Å². The number of aliphatic imine (C=N–C) groups is 2. The van der Waals surface area contributed by atoms with Crippen LogP contribution in [-0.4, -0.2) is 24.4 Å². The molecule has 6 nitrogen and oxygen atoms in total. The smallest absolute Gasteiger partial charge is 0.343 e. The van der Waals surface area contributed by atoms with Gasteiger partial charge in [-0.05, 0) is 109 Å². The molecule has 0 bridgehead atoms. The SMILES string of the molecule is CCCCCCc1ccc(/N=C/c2ccc(C(=O)Oc3cccc(OC(=O)c4ccc(/C=N/c5ccc(CCCCCC)cc5)cc4)c3)cc2)cc1. The summed E-state index contributed by atoms with van der Waals surface area (Å²) in [7, 11) is 0. The molecule has 6 heteroatoms. The molecule has 0 aromatic heterocycles. The number of carbonyl (C=O) groups excluding carboxylic acids is 2. The number of aryl methyl sites for hydroxylation is 2. The fourth-order valence-corrected chi connectivity index (χ4v) is 5.65. The Morgan fingerprint density at radius 2 is 0.904 bits per heavy atom. The number of ether oxygens (including phenoxy) is 2. The summed E-state index contributed by atoms with van der Waals surface area (Å²) in [5, 5.41) is 0. The van der Waals surface area contributed by atoms with E-state index in [0.29, 0.717) is 11.1 Å². The van der Waals surface area contributed by atoms with Gasteiger partial charge in [-0.2, -0.15) is 0 Å². The highest BCUT2D eigenvalue weighted by atomic mass is 16.5. The van der Waals surface area contributed by atoms with E-state index in [4.69, 9.17) is 9.47 Å². The minimum Gasteiger partial charge on any atom is -0.423 e. The number of unbranched alkanes of at least 4 members (excludes halogenated alkanes) is 6. The van der Waals surface area contributed by atoms with Crippen LogP contribution in [0.1, 0.15) is 108 Å². The number of hydrogen-bond acceptors (Lipinski definition) is 6. The van der Waals surface area contributed by atoms with Gasteiger partial charge in [0.05, 0.1) is 22.5 Å². The Morgan fingerprint density at radius 3 is 1.29 bits per heavy atom. The maximum atomic E-state index is 12.9. The molecule has 5 aromatic carbocycles. The zero-order chi connectivity index (χ0) is 36.4. The van der Waals surface area contributed by atoms with Crippen molar-refractivity contribution in [2.45, 2.75) is 78.1 Å². The summed E-state index contributed by atoms with van der Waals surface area (Å²) in [4.78, 5) is 34.9. The maximum absolute atomic E-state index is 12.9. The van der Waals surface area contributed by atoms with Crippen molar-refractivity contribution in [3.63, 3.8) is 0 Å². The van der Waals surface area contributed by atoms with Gasteiger partial charge in [-0.25, -0.2) is 9.59 Å². The number of rotatable bonds is 18. The van der Waals surface area contributed by atoms with E-state index in [1.54, 1.807) is 54.9 Å². The van der Waals surface area contributed by atoms with Crippen LogP contribution >= 0.6 is 0 Å². The van der Waals surface area contributed by atoms with Crippen molar-refractivity contribution in [2.24, 2.45) is 9.98 Å². The molecule has 52 heavy (non-hydrogen) atoms. The number of carbonyl (C=O) groups is 2. The van der Waals surface area contributed by atoms with Gasteiger partial charge in [0.2, 0.25) is 0 Å².